The number of allylic oxidation sites excluding steroid dienone is 1. The molecule has 4 heteroatoms. The zero-order chi connectivity index (χ0) is 18.8. The van der Waals surface area contributed by atoms with Crippen LogP contribution in [0.1, 0.15) is 69.8 Å². The molecular formula is C23H26O4. The lowest BCUT2D eigenvalue weighted by Gasteiger charge is -2.58. The Hall–Kier alpha value is -2.23. The van der Waals surface area contributed by atoms with Gasteiger partial charge in [-0.15, -0.1) is 0 Å². The second kappa shape index (κ2) is 5.63. The molecule has 0 amide bonds. The van der Waals surface area contributed by atoms with Crippen LogP contribution in [0.5, 0.6) is 0 Å². The van der Waals surface area contributed by atoms with Crippen LogP contribution in [0.4, 0.5) is 0 Å². The van der Waals surface area contributed by atoms with Gasteiger partial charge in [-0.2, -0.15) is 0 Å². The Balaban J connectivity index is 1.89. The number of para-hydroxylation sites is 1. The molecule has 3 atom stereocenters. The minimum atomic E-state index is -0.789. The average molecular weight is 366 g/mol. The van der Waals surface area contributed by atoms with E-state index in [0.717, 1.165) is 72.2 Å². The number of benzene rings is 1. The predicted octanol–water partition coefficient (Wildman–Crippen LogP) is 5.56. The molecule has 6 rings (SSSR count). The molecule has 27 heavy (non-hydrogen) atoms. The number of esters is 1. The maximum Gasteiger partial charge on any atom is 0.322 e. The fourth-order valence-electron chi connectivity index (χ4n) is 5.88. The lowest BCUT2D eigenvalue weighted by molar-refractivity contribution is -0.184. The van der Waals surface area contributed by atoms with E-state index < -0.39 is 5.41 Å². The molecule has 1 saturated heterocycles. The molecule has 0 saturated carbocycles. The van der Waals surface area contributed by atoms with E-state index in [0.29, 0.717) is 0 Å². The van der Waals surface area contributed by atoms with Gasteiger partial charge in [0, 0.05) is 17.4 Å². The van der Waals surface area contributed by atoms with E-state index in [9.17, 15) is 4.79 Å². The maximum atomic E-state index is 13.6. The van der Waals surface area contributed by atoms with Crippen molar-refractivity contribution in [2.75, 3.05) is 7.11 Å². The number of carbonyl (C=O) groups excluding carboxylic acids is 1. The SMILES string of the molecule is CCCCC1=C(OC)CC[C@]2(C)C[C@H]3OC(=O)[C@@]12c1c3oc2ccccc12. The summed E-state index contributed by atoms with van der Waals surface area (Å²) in [4.78, 5) is 13.6. The van der Waals surface area contributed by atoms with Crippen LogP contribution in [-0.4, -0.2) is 13.1 Å². The van der Waals surface area contributed by atoms with Crippen molar-refractivity contribution in [3.8, 4) is 0 Å². The van der Waals surface area contributed by atoms with Crippen molar-refractivity contribution < 1.29 is 18.7 Å². The molecule has 0 N–H and O–H groups in total. The Morgan fingerprint density at radius 2 is 2.11 bits per heavy atom. The summed E-state index contributed by atoms with van der Waals surface area (Å²) in [6, 6.07) is 8.07. The Labute approximate surface area is 159 Å². The van der Waals surface area contributed by atoms with Crippen LogP contribution >= 0.6 is 0 Å². The van der Waals surface area contributed by atoms with E-state index in [1.165, 1.54) is 0 Å². The first-order valence-electron chi connectivity index (χ1n) is 10.1. The van der Waals surface area contributed by atoms with Crippen LogP contribution in [-0.2, 0) is 19.7 Å². The smallest absolute Gasteiger partial charge is 0.322 e. The Bertz CT molecular complexity index is 968. The molecule has 0 unspecified atom stereocenters. The normalized spacial score (nSPS) is 31.7. The zero-order valence-corrected chi connectivity index (χ0v) is 16.3. The number of rotatable bonds is 4. The summed E-state index contributed by atoms with van der Waals surface area (Å²) in [5.41, 5.74) is 2.05. The maximum absolute atomic E-state index is 13.6. The number of methoxy groups -OCH3 is 1. The summed E-state index contributed by atoms with van der Waals surface area (Å²) in [6.45, 7) is 4.45. The minimum Gasteiger partial charge on any atom is -0.501 e. The standard InChI is InChI=1S/C23H26O4/c1-4-5-9-15-17(25-3)11-12-22(2)13-18-20-19(23(15,22)21(24)27-18)14-8-6-7-10-16(14)26-20/h6-8,10,18H,4-5,9,11-13H2,1-3H3/t18-,22-,23+/m1/s1. The summed E-state index contributed by atoms with van der Waals surface area (Å²) >= 11 is 0. The first-order chi connectivity index (χ1) is 13.1. The summed E-state index contributed by atoms with van der Waals surface area (Å²) < 4.78 is 18.0. The van der Waals surface area contributed by atoms with E-state index in [1.54, 1.807) is 7.11 Å². The van der Waals surface area contributed by atoms with Gasteiger partial charge in [-0.3, -0.25) is 4.79 Å². The lowest BCUT2D eigenvalue weighted by atomic mass is 9.46. The van der Waals surface area contributed by atoms with E-state index in [2.05, 4.69) is 19.9 Å². The van der Waals surface area contributed by atoms with Crippen molar-refractivity contribution in [3.63, 3.8) is 0 Å². The summed E-state index contributed by atoms with van der Waals surface area (Å²) in [7, 11) is 1.73. The highest BCUT2D eigenvalue weighted by molar-refractivity contribution is 5.99. The third-order valence-electron chi connectivity index (χ3n) is 7.11. The number of ether oxygens (including phenoxy) is 2. The summed E-state index contributed by atoms with van der Waals surface area (Å²) in [5.74, 6) is 1.70. The van der Waals surface area contributed by atoms with Crippen molar-refractivity contribution >= 4 is 16.9 Å². The first-order valence-corrected chi connectivity index (χ1v) is 10.1. The van der Waals surface area contributed by atoms with Crippen molar-refractivity contribution in [2.45, 2.75) is 63.9 Å². The minimum absolute atomic E-state index is 0.111. The third kappa shape index (κ3) is 1.91. The van der Waals surface area contributed by atoms with Crippen LogP contribution in [0.3, 0.4) is 0 Å². The molecule has 2 aliphatic heterocycles. The van der Waals surface area contributed by atoms with E-state index in [-0.39, 0.29) is 17.5 Å². The highest BCUT2D eigenvalue weighted by Crippen LogP contribution is 2.68. The summed E-state index contributed by atoms with van der Waals surface area (Å²) in [6.07, 6.45) is 5.32. The van der Waals surface area contributed by atoms with Gasteiger partial charge in [-0.05, 0) is 42.7 Å². The van der Waals surface area contributed by atoms with Gasteiger partial charge >= 0.3 is 5.97 Å². The van der Waals surface area contributed by atoms with Gasteiger partial charge in [0.2, 0.25) is 0 Å². The van der Waals surface area contributed by atoms with Crippen LogP contribution < -0.4 is 0 Å². The second-order valence-electron chi connectivity index (χ2n) is 8.46. The quantitative estimate of drug-likeness (QED) is 0.664. The number of furan rings is 1. The number of unbranched alkanes of at least 4 members (excludes halogenated alkanes) is 1. The van der Waals surface area contributed by atoms with Crippen LogP contribution in [0.25, 0.3) is 11.0 Å². The molecular weight excluding hydrogens is 340 g/mol. The molecule has 1 spiro atoms. The third-order valence-corrected chi connectivity index (χ3v) is 7.11. The average Bonchev–Trinajstić information content (AvgIpc) is 3.06. The van der Waals surface area contributed by atoms with E-state index >= 15 is 0 Å². The fourth-order valence-corrected chi connectivity index (χ4v) is 5.88. The van der Waals surface area contributed by atoms with Gasteiger partial charge in [0.15, 0.2) is 11.9 Å². The fraction of sp³-hybridized carbons (Fsp3) is 0.522. The molecule has 2 aromatic rings. The van der Waals surface area contributed by atoms with Crippen LogP contribution in [0.2, 0.25) is 0 Å². The Morgan fingerprint density at radius 3 is 2.89 bits per heavy atom. The first kappa shape index (κ1) is 16.9. The molecule has 1 aromatic carbocycles. The number of hydrogen-bond donors (Lipinski definition) is 0. The molecule has 2 bridgehead atoms. The molecule has 4 nitrogen and oxygen atoms in total. The van der Waals surface area contributed by atoms with Gasteiger partial charge in [0.05, 0.1) is 12.9 Å². The van der Waals surface area contributed by atoms with Gasteiger partial charge in [0.25, 0.3) is 0 Å². The monoisotopic (exact) mass is 366 g/mol. The van der Waals surface area contributed by atoms with Gasteiger partial charge in [-0.25, -0.2) is 0 Å². The van der Waals surface area contributed by atoms with Gasteiger partial charge < -0.3 is 13.9 Å². The highest BCUT2D eigenvalue weighted by atomic mass is 16.6. The van der Waals surface area contributed by atoms with E-state index in [1.807, 2.05) is 18.2 Å². The van der Waals surface area contributed by atoms with Crippen molar-refractivity contribution in [3.05, 3.63) is 46.9 Å². The van der Waals surface area contributed by atoms with Crippen molar-refractivity contribution in [2.24, 2.45) is 5.41 Å². The second-order valence-corrected chi connectivity index (χ2v) is 8.46. The molecule has 142 valence electrons. The molecule has 0 radical (unpaired) electrons. The predicted molar refractivity (Wildman–Crippen MR) is 102 cm³/mol. The van der Waals surface area contributed by atoms with Crippen molar-refractivity contribution in [1.29, 1.82) is 0 Å². The lowest BCUT2D eigenvalue weighted by Crippen LogP contribution is -2.61. The number of fused-ring (bicyclic) bond motifs is 2. The van der Waals surface area contributed by atoms with Crippen molar-refractivity contribution in [1.82, 2.24) is 0 Å². The molecule has 1 fully saturated rings. The molecule has 2 aliphatic carbocycles. The van der Waals surface area contributed by atoms with Gasteiger partial charge in [-0.1, -0.05) is 38.5 Å². The topological polar surface area (TPSA) is 48.7 Å². The molecule has 3 heterocycles. The van der Waals surface area contributed by atoms with Crippen LogP contribution in [0.15, 0.2) is 40.0 Å². The Morgan fingerprint density at radius 1 is 1.30 bits per heavy atom. The van der Waals surface area contributed by atoms with E-state index in [4.69, 9.17) is 13.9 Å². The number of hydrogen-bond acceptors (Lipinski definition) is 4. The Kier molecular flexibility index (Phi) is 3.53. The largest absolute Gasteiger partial charge is 0.501 e. The molecule has 1 aromatic heterocycles. The zero-order valence-electron chi connectivity index (χ0n) is 16.3. The highest BCUT2D eigenvalue weighted by Gasteiger charge is 2.70. The summed E-state index contributed by atoms with van der Waals surface area (Å²) in [5, 5.41) is 1.05. The van der Waals surface area contributed by atoms with Crippen LogP contribution in [0, 0.1) is 5.41 Å². The van der Waals surface area contributed by atoms with Gasteiger partial charge in [0.1, 0.15) is 11.0 Å². The molecule has 4 aliphatic rings. The number of carbonyl (C=O) groups is 1.